The molecule has 1 aromatic rings. The number of hydrogen-bond donors (Lipinski definition) is 2. The fourth-order valence-corrected chi connectivity index (χ4v) is 4.11. The highest BCUT2D eigenvalue weighted by molar-refractivity contribution is 5.77. The van der Waals surface area contributed by atoms with Gasteiger partial charge in [-0.05, 0) is 31.2 Å². The second-order valence-electron chi connectivity index (χ2n) is 9.70. The van der Waals surface area contributed by atoms with Crippen molar-refractivity contribution in [1.29, 1.82) is 0 Å². The van der Waals surface area contributed by atoms with E-state index in [1.54, 1.807) is 0 Å². The molecule has 0 fully saturated rings. The average Bonchev–Trinajstić information content (AvgIpc) is 2.86. The lowest BCUT2D eigenvalue weighted by atomic mass is 10.0. The molecule has 0 heterocycles. The van der Waals surface area contributed by atoms with Gasteiger partial charge in [0.15, 0.2) is 0 Å². The maximum atomic E-state index is 12.4. The molecule has 7 heteroatoms. The van der Waals surface area contributed by atoms with E-state index >= 15 is 0 Å². The second-order valence-corrected chi connectivity index (χ2v) is 9.70. The van der Waals surface area contributed by atoms with Crippen LogP contribution in [-0.2, 0) is 30.5 Å². The number of ether oxygens (including phenoxy) is 2. The lowest BCUT2D eigenvalue weighted by Crippen LogP contribution is -2.36. The molecule has 0 unspecified atom stereocenters. The SMILES string of the molecule is CCCCCCCCCCCCC[C@@H](CC(N)=O)OC(=O)[C@@H](N)CCCC(=O)OCc1ccccc1. The van der Waals surface area contributed by atoms with Crippen LogP contribution in [0.2, 0.25) is 0 Å². The number of benzene rings is 1. The smallest absolute Gasteiger partial charge is 0.323 e. The molecule has 36 heavy (non-hydrogen) atoms. The molecule has 1 aromatic carbocycles. The number of carbonyl (C=O) groups is 3. The summed E-state index contributed by atoms with van der Waals surface area (Å²) in [5.41, 5.74) is 12.2. The van der Waals surface area contributed by atoms with Crippen molar-refractivity contribution in [3.8, 4) is 0 Å². The second kappa shape index (κ2) is 20.7. The Morgan fingerprint density at radius 2 is 1.39 bits per heavy atom. The third-order valence-corrected chi connectivity index (χ3v) is 6.28. The van der Waals surface area contributed by atoms with E-state index in [0.29, 0.717) is 19.3 Å². The number of carbonyl (C=O) groups excluding carboxylic acids is 3. The number of amides is 1. The molecule has 1 rings (SSSR count). The van der Waals surface area contributed by atoms with Gasteiger partial charge < -0.3 is 20.9 Å². The Kier molecular flexibility index (Phi) is 18.2. The molecule has 0 aliphatic carbocycles. The third-order valence-electron chi connectivity index (χ3n) is 6.28. The van der Waals surface area contributed by atoms with Crippen molar-refractivity contribution in [3.05, 3.63) is 35.9 Å². The van der Waals surface area contributed by atoms with Crippen molar-refractivity contribution in [1.82, 2.24) is 0 Å². The van der Waals surface area contributed by atoms with Gasteiger partial charge in [0.05, 0.1) is 6.42 Å². The minimum absolute atomic E-state index is 0.00202. The molecule has 0 saturated heterocycles. The number of primary amides is 1. The van der Waals surface area contributed by atoms with E-state index in [1.165, 1.54) is 51.4 Å². The van der Waals surface area contributed by atoms with Crippen molar-refractivity contribution >= 4 is 17.8 Å². The van der Waals surface area contributed by atoms with Crippen molar-refractivity contribution in [3.63, 3.8) is 0 Å². The normalized spacial score (nSPS) is 12.6. The highest BCUT2D eigenvalue weighted by Gasteiger charge is 2.22. The molecule has 0 aromatic heterocycles. The third kappa shape index (κ3) is 17.1. The van der Waals surface area contributed by atoms with Crippen LogP contribution in [-0.4, -0.2) is 30.0 Å². The first kappa shape index (κ1) is 31.6. The zero-order chi connectivity index (χ0) is 26.4. The molecule has 0 spiro atoms. The molecular formula is C29H48N2O5. The number of hydrogen-bond acceptors (Lipinski definition) is 6. The lowest BCUT2D eigenvalue weighted by Gasteiger charge is -2.19. The predicted molar refractivity (Wildman–Crippen MR) is 143 cm³/mol. The summed E-state index contributed by atoms with van der Waals surface area (Å²) < 4.78 is 10.7. The van der Waals surface area contributed by atoms with Gasteiger partial charge in [0.1, 0.15) is 18.8 Å². The van der Waals surface area contributed by atoms with Gasteiger partial charge in [0.2, 0.25) is 5.91 Å². The first-order valence-corrected chi connectivity index (χ1v) is 13.9. The van der Waals surface area contributed by atoms with E-state index in [2.05, 4.69) is 6.92 Å². The summed E-state index contributed by atoms with van der Waals surface area (Å²) >= 11 is 0. The van der Waals surface area contributed by atoms with Crippen LogP contribution in [0.3, 0.4) is 0 Å². The van der Waals surface area contributed by atoms with E-state index in [9.17, 15) is 14.4 Å². The summed E-state index contributed by atoms with van der Waals surface area (Å²) in [6.07, 6.45) is 14.4. The van der Waals surface area contributed by atoms with Crippen LogP contribution in [0.5, 0.6) is 0 Å². The Hall–Kier alpha value is -2.41. The summed E-state index contributed by atoms with van der Waals surface area (Å²) in [4.78, 5) is 35.7. The predicted octanol–water partition coefficient (Wildman–Crippen LogP) is 5.72. The topological polar surface area (TPSA) is 122 Å². The fraction of sp³-hybridized carbons (Fsp3) is 0.690. The molecule has 204 valence electrons. The number of esters is 2. The Morgan fingerprint density at radius 3 is 1.97 bits per heavy atom. The highest BCUT2D eigenvalue weighted by Crippen LogP contribution is 2.16. The van der Waals surface area contributed by atoms with Gasteiger partial charge in [0, 0.05) is 6.42 Å². The Labute approximate surface area is 217 Å². The maximum absolute atomic E-state index is 12.4. The van der Waals surface area contributed by atoms with E-state index in [0.717, 1.165) is 24.8 Å². The van der Waals surface area contributed by atoms with Crippen molar-refractivity contribution in [2.45, 2.75) is 128 Å². The van der Waals surface area contributed by atoms with E-state index in [1.807, 2.05) is 30.3 Å². The van der Waals surface area contributed by atoms with E-state index in [4.69, 9.17) is 20.9 Å². The van der Waals surface area contributed by atoms with Gasteiger partial charge >= 0.3 is 11.9 Å². The van der Waals surface area contributed by atoms with Gasteiger partial charge in [-0.1, -0.05) is 101 Å². The van der Waals surface area contributed by atoms with Gasteiger partial charge in [-0.25, -0.2) is 0 Å². The van der Waals surface area contributed by atoms with Gasteiger partial charge in [0.25, 0.3) is 0 Å². The fourth-order valence-electron chi connectivity index (χ4n) is 4.11. The van der Waals surface area contributed by atoms with E-state index < -0.39 is 24.0 Å². The van der Waals surface area contributed by atoms with Gasteiger partial charge in [-0.3, -0.25) is 14.4 Å². The van der Waals surface area contributed by atoms with Crippen molar-refractivity contribution in [2.75, 3.05) is 0 Å². The average molecular weight is 505 g/mol. The van der Waals surface area contributed by atoms with Crippen LogP contribution < -0.4 is 11.5 Å². The standard InChI is InChI=1S/C29H48N2O5/c1-2-3-4-5-6-7-8-9-10-11-15-19-25(22-27(31)32)36-29(34)26(30)20-16-21-28(33)35-23-24-17-13-12-14-18-24/h12-14,17-18,25-26H,2-11,15-16,19-23,30H2,1H3,(H2,31,32)/t25-,26-/m0/s1. The number of nitrogens with two attached hydrogens (primary N) is 2. The molecule has 0 radical (unpaired) electrons. The van der Waals surface area contributed by atoms with Gasteiger partial charge in [-0.15, -0.1) is 0 Å². The zero-order valence-electron chi connectivity index (χ0n) is 22.3. The Balaban J connectivity index is 2.18. The summed E-state index contributed by atoms with van der Waals surface area (Å²) in [6.45, 7) is 2.46. The molecule has 7 nitrogen and oxygen atoms in total. The molecule has 0 aliphatic rings. The number of rotatable bonds is 22. The quantitative estimate of drug-likeness (QED) is 0.154. The van der Waals surface area contributed by atoms with Crippen LogP contribution in [0.25, 0.3) is 0 Å². The largest absolute Gasteiger partial charge is 0.461 e. The van der Waals surface area contributed by atoms with Crippen LogP contribution in [0.4, 0.5) is 0 Å². The van der Waals surface area contributed by atoms with Crippen LogP contribution >= 0.6 is 0 Å². The Morgan fingerprint density at radius 1 is 0.806 bits per heavy atom. The van der Waals surface area contributed by atoms with Crippen molar-refractivity contribution < 1.29 is 23.9 Å². The van der Waals surface area contributed by atoms with Gasteiger partial charge in [-0.2, -0.15) is 0 Å². The lowest BCUT2D eigenvalue weighted by molar-refractivity contribution is -0.153. The molecular weight excluding hydrogens is 456 g/mol. The summed E-state index contributed by atoms with van der Waals surface area (Å²) in [6, 6.07) is 8.60. The maximum Gasteiger partial charge on any atom is 0.323 e. The monoisotopic (exact) mass is 504 g/mol. The molecule has 2 atom stereocenters. The molecule has 4 N–H and O–H groups in total. The summed E-state index contributed by atoms with van der Waals surface area (Å²) in [5, 5.41) is 0. The zero-order valence-corrected chi connectivity index (χ0v) is 22.3. The summed E-state index contributed by atoms with van der Waals surface area (Å²) in [5.74, 6) is -1.38. The van der Waals surface area contributed by atoms with Crippen LogP contribution in [0.15, 0.2) is 30.3 Å². The van der Waals surface area contributed by atoms with Crippen molar-refractivity contribution in [2.24, 2.45) is 11.5 Å². The molecule has 0 saturated carbocycles. The molecule has 1 amide bonds. The minimum atomic E-state index is -0.848. The number of unbranched alkanes of at least 4 members (excludes halogenated alkanes) is 10. The first-order chi connectivity index (χ1) is 17.4. The van der Waals surface area contributed by atoms with Crippen LogP contribution in [0, 0.1) is 0 Å². The molecule has 0 bridgehead atoms. The molecule has 0 aliphatic heterocycles. The minimum Gasteiger partial charge on any atom is -0.461 e. The summed E-state index contributed by atoms with van der Waals surface area (Å²) in [7, 11) is 0. The first-order valence-electron chi connectivity index (χ1n) is 13.9. The van der Waals surface area contributed by atoms with Crippen LogP contribution in [0.1, 0.15) is 115 Å². The Bertz CT molecular complexity index is 726. The highest BCUT2D eigenvalue weighted by atomic mass is 16.5. The van der Waals surface area contributed by atoms with E-state index in [-0.39, 0.29) is 25.4 Å².